The van der Waals surface area contributed by atoms with Crippen molar-refractivity contribution in [3.05, 3.63) is 33.8 Å². The second kappa shape index (κ2) is 4.33. The highest BCUT2D eigenvalue weighted by atomic mass is 79.9. The third-order valence-corrected chi connectivity index (χ3v) is 2.35. The van der Waals surface area contributed by atoms with Crippen molar-refractivity contribution in [1.82, 2.24) is 0 Å². The highest BCUT2D eigenvalue weighted by Gasteiger charge is 2.21. The van der Waals surface area contributed by atoms with Gasteiger partial charge in [-0.15, -0.1) is 0 Å². The first-order chi connectivity index (χ1) is 6.43. The fourth-order valence-electron chi connectivity index (χ4n) is 1.11. The SMILES string of the molecule is C[C@@H](O)[C@@H](N)c1c(F)cc(Br)cc1F. The van der Waals surface area contributed by atoms with Gasteiger partial charge in [0, 0.05) is 10.0 Å². The Hall–Kier alpha value is -0.520. The molecule has 0 spiro atoms. The normalized spacial score (nSPS) is 15.3. The molecule has 0 radical (unpaired) electrons. The molecular weight excluding hydrogens is 256 g/mol. The maximum Gasteiger partial charge on any atom is 0.132 e. The van der Waals surface area contributed by atoms with E-state index in [4.69, 9.17) is 10.8 Å². The zero-order valence-corrected chi connectivity index (χ0v) is 9.05. The minimum absolute atomic E-state index is 0.289. The molecule has 1 aromatic carbocycles. The van der Waals surface area contributed by atoms with E-state index in [2.05, 4.69) is 15.9 Å². The average Bonchev–Trinajstić information content (AvgIpc) is 2.01. The third-order valence-electron chi connectivity index (χ3n) is 1.90. The molecule has 0 fully saturated rings. The van der Waals surface area contributed by atoms with Crippen LogP contribution in [0.5, 0.6) is 0 Å². The van der Waals surface area contributed by atoms with Gasteiger partial charge in [0.2, 0.25) is 0 Å². The van der Waals surface area contributed by atoms with Crippen molar-refractivity contribution in [2.45, 2.75) is 19.1 Å². The fourth-order valence-corrected chi connectivity index (χ4v) is 1.51. The van der Waals surface area contributed by atoms with Gasteiger partial charge in [0.25, 0.3) is 0 Å². The second-order valence-corrected chi connectivity index (χ2v) is 3.97. The van der Waals surface area contributed by atoms with Crippen molar-refractivity contribution in [3.63, 3.8) is 0 Å². The molecule has 0 amide bonds. The van der Waals surface area contributed by atoms with Crippen LogP contribution >= 0.6 is 15.9 Å². The molecule has 3 N–H and O–H groups in total. The minimum atomic E-state index is -1.05. The Morgan fingerprint density at radius 3 is 2.14 bits per heavy atom. The summed E-state index contributed by atoms with van der Waals surface area (Å²) >= 11 is 2.95. The lowest BCUT2D eigenvalue weighted by Crippen LogP contribution is -2.25. The summed E-state index contributed by atoms with van der Waals surface area (Å²) < 4.78 is 26.8. The van der Waals surface area contributed by atoms with Crippen LogP contribution in [-0.2, 0) is 0 Å². The summed E-state index contributed by atoms with van der Waals surface area (Å²) in [4.78, 5) is 0. The molecule has 0 aliphatic heterocycles. The lowest BCUT2D eigenvalue weighted by molar-refractivity contribution is 0.160. The Morgan fingerprint density at radius 1 is 1.36 bits per heavy atom. The van der Waals surface area contributed by atoms with Crippen LogP contribution in [0.4, 0.5) is 8.78 Å². The number of benzene rings is 1. The Bertz CT molecular complexity index is 321. The lowest BCUT2D eigenvalue weighted by Gasteiger charge is -2.16. The van der Waals surface area contributed by atoms with Crippen LogP contribution in [0.3, 0.4) is 0 Å². The zero-order valence-electron chi connectivity index (χ0n) is 7.47. The molecule has 0 aromatic heterocycles. The molecule has 5 heteroatoms. The molecular formula is C9H10BrF2NO. The molecule has 0 saturated heterocycles. The molecule has 1 aromatic rings. The Morgan fingerprint density at radius 2 is 1.79 bits per heavy atom. The maximum atomic E-state index is 13.3. The van der Waals surface area contributed by atoms with E-state index in [9.17, 15) is 8.78 Å². The quantitative estimate of drug-likeness (QED) is 0.861. The van der Waals surface area contributed by atoms with Crippen LogP contribution < -0.4 is 5.73 Å². The van der Waals surface area contributed by atoms with Crippen LogP contribution in [0.15, 0.2) is 16.6 Å². The summed E-state index contributed by atoms with van der Waals surface area (Å²) in [5, 5.41) is 9.12. The summed E-state index contributed by atoms with van der Waals surface area (Å²) in [6.07, 6.45) is -1.000. The van der Waals surface area contributed by atoms with E-state index in [1.54, 1.807) is 0 Å². The van der Waals surface area contributed by atoms with Crippen molar-refractivity contribution in [1.29, 1.82) is 0 Å². The summed E-state index contributed by atoms with van der Waals surface area (Å²) in [5.41, 5.74) is 5.16. The Kier molecular flexibility index (Phi) is 3.58. The topological polar surface area (TPSA) is 46.2 Å². The minimum Gasteiger partial charge on any atom is -0.391 e. The van der Waals surface area contributed by atoms with Gasteiger partial charge >= 0.3 is 0 Å². The average molecular weight is 266 g/mol. The molecule has 1 rings (SSSR count). The highest BCUT2D eigenvalue weighted by molar-refractivity contribution is 9.10. The summed E-state index contributed by atoms with van der Waals surface area (Å²) in [7, 11) is 0. The molecule has 78 valence electrons. The molecule has 14 heavy (non-hydrogen) atoms. The first-order valence-corrected chi connectivity index (χ1v) is 4.81. The van der Waals surface area contributed by atoms with Gasteiger partial charge in [0.1, 0.15) is 11.6 Å². The van der Waals surface area contributed by atoms with Crippen LogP contribution in [0.2, 0.25) is 0 Å². The first kappa shape index (κ1) is 11.6. The molecule has 2 nitrogen and oxygen atoms in total. The fraction of sp³-hybridized carbons (Fsp3) is 0.333. The smallest absolute Gasteiger partial charge is 0.132 e. The van der Waals surface area contributed by atoms with Crippen molar-refractivity contribution < 1.29 is 13.9 Å². The largest absolute Gasteiger partial charge is 0.391 e. The molecule has 2 atom stereocenters. The summed E-state index contributed by atoms with van der Waals surface area (Å²) in [6.45, 7) is 1.38. The van der Waals surface area contributed by atoms with E-state index in [1.165, 1.54) is 6.92 Å². The van der Waals surface area contributed by atoms with E-state index in [-0.39, 0.29) is 5.56 Å². The Balaban J connectivity index is 3.20. The van der Waals surface area contributed by atoms with Crippen molar-refractivity contribution in [3.8, 4) is 0 Å². The predicted octanol–water partition coefficient (Wildman–Crippen LogP) is 2.11. The zero-order chi connectivity index (χ0) is 10.9. The third kappa shape index (κ3) is 2.29. The molecule has 0 unspecified atom stereocenters. The number of aliphatic hydroxyl groups excluding tert-OH is 1. The van der Waals surface area contributed by atoms with E-state index < -0.39 is 23.8 Å². The monoisotopic (exact) mass is 265 g/mol. The number of hydrogen-bond donors (Lipinski definition) is 2. The van der Waals surface area contributed by atoms with Gasteiger partial charge in [-0.3, -0.25) is 0 Å². The predicted molar refractivity (Wildman–Crippen MR) is 52.7 cm³/mol. The van der Waals surface area contributed by atoms with Gasteiger partial charge in [0.05, 0.1) is 12.1 Å². The summed E-state index contributed by atoms with van der Waals surface area (Å²) in [5.74, 6) is -1.52. The highest BCUT2D eigenvalue weighted by Crippen LogP contribution is 2.25. The molecule has 0 heterocycles. The van der Waals surface area contributed by atoms with E-state index >= 15 is 0 Å². The van der Waals surface area contributed by atoms with E-state index in [0.29, 0.717) is 4.47 Å². The van der Waals surface area contributed by atoms with Crippen molar-refractivity contribution in [2.24, 2.45) is 5.73 Å². The standard InChI is InChI=1S/C9H10BrF2NO/c1-4(14)9(13)8-6(11)2-5(10)3-7(8)12/h2-4,9,14H,13H2,1H3/t4-,9-/m1/s1. The molecule has 0 saturated carbocycles. The van der Waals surface area contributed by atoms with Crippen LogP contribution in [0.25, 0.3) is 0 Å². The van der Waals surface area contributed by atoms with Gasteiger partial charge in [-0.25, -0.2) is 8.78 Å². The van der Waals surface area contributed by atoms with E-state index in [0.717, 1.165) is 12.1 Å². The number of nitrogens with two attached hydrogens (primary N) is 1. The molecule has 0 aliphatic carbocycles. The first-order valence-electron chi connectivity index (χ1n) is 4.01. The van der Waals surface area contributed by atoms with Crippen LogP contribution in [-0.4, -0.2) is 11.2 Å². The number of rotatable bonds is 2. The Labute approximate surface area is 88.9 Å². The van der Waals surface area contributed by atoms with Gasteiger partial charge in [-0.2, -0.15) is 0 Å². The molecule has 0 aliphatic rings. The van der Waals surface area contributed by atoms with E-state index in [1.807, 2.05) is 0 Å². The number of halogens is 3. The number of aliphatic hydroxyl groups is 1. The van der Waals surface area contributed by atoms with Crippen LogP contribution in [0.1, 0.15) is 18.5 Å². The molecule has 0 bridgehead atoms. The van der Waals surface area contributed by atoms with Gasteiger partial charge in [-0.1, -0.05) is 15.9 Å². The van der Waals surface area contributed by atoms with Crippen LogP contribution in [0, 0.1) is 11.6 Å². The lowest BCUT2D eigenvalue weighted by atomic mass is 10.0. The van der Waals surface area contributed by atoms with Crippen molar-refractivity contribution >= 4 is 15.9 Å². The number of hydrogen-bond acceptors (Lipinski definition) is 2. The van der Waals surface area contributed by atoms with Crippen molar-refractivity contribution in [2.75, 3.05) is 0 Å². The van der Waals surface area contributed by atoms with Gasteiger partial charge < -0.3 is 10.8 Å². The second-order valence-electron chi connectivity index (χ2n) is 3.05. The maximum absolute atomic E-state index is 13.3. The van der Waals surface area contributed by atoms with Gasteiger partial charge in [0.15, 0.2) is 0 Å². The van der Waals surface area contributed by atoms with Gasteiger partial charge in [-0.05, 0) is 19.1 Å². The summed E-state index contributed by atoms with van der Waals surface area (Å²) in [6, 6.07) is 1.17.